The molecule has 0 aliphatic carbocycles. The van der Waals surface area contributed by atoms with Gasteiger partial charge in [-0.15, -0.1) is 67.9 Å². The van der Waals surface area contributed by atoms with Crippen molar-refractivity contribution in [1.29, 1.82) is 0 Å². The summed E-state index contributed by atoms with van der Waals surface area (Å²) in [6.45, 7) is 4.67. The highest BCUT2D eigenvalue weighted by Crippen LogP contribution is 2.33. The fourth-order valence-electron chi connectivity index (χ4n) is 5.40. The van der Waals surface area contributed by atoms with E-state index in [1.54, 1.807) is 0 Å². The molecule has 0 unspecified atom stereocenters. The van der Waals surface area contributed by atoms with Gasteiger partial charge in [0.05, 0.1) is 33.8 Å². The van der Waals surface area contributed by atoms with Gasteiger partial charge in [-0.2, -0.15) is 45.3 Å². The molecule has 4 aromatic carbocycles. The van der Waals surface area contributed by atoms with Crippen LogP contribution in [0, 0.1) is 7.40 Å². The molecule has 0 saturated heterocycles. The van der Waals surface area contributed by atoms with E-state index < -0.39 is 0 Å². The van der Waals surface area contributed by atoms with Crippen LogP contribution in [0.15, 0.2) is 91.0 Å². The molecule has 12 nitrogen and oxygen atoms in total. The second kappa shape index (κ2) is 17.4. The first-order valence-corrected chi connectivity index (χ1v) is 18.7. The van der Waals surface area contributed by atoms with Gasteiger partial charge in [0.2, 0.25) is 0 Å². The van der Waals surface area contributed by atoms with E-state index >= 15 is 0 Å². The molecular formula is C37H35I2N6O6-. The van der Waals surface area contributed by atoms with Crippen molar-refractivity contribution in [2.45, 2.75) is 13.1 Å². The van der Waals surface area contributed by atoms with Crippen molar-refractivity contribution in [3.63, 3.8) is 0 Å². The Morgan fingerprint density at radius 1 is 0.529 bits per heavy atom. The summed E-state index contributed by atoms with van der Waals surface area (Å²) in [5, 5.41) is 18.1. The Morgan fingerprint density at radius 2 is 0.941 bits per heavy atom. The molecular weight excluding hydrogens is 878 g/mol. The topological polar surface area (TPSA) is 115 Å². The van der Waals surface area contributed by atoms with Crippen LogP contribution in [-0.4, -0.2) is 73.5 Å². The molecule has 9 rings (SSSR count). The molecule has 3 aliphatic heterocycles. The lowest BCUT2D eigenvalue weighted by Crippen LogP contribution is -2.41. The minimum Gasteiger partial charge on any atom is -0.491 e. The third-order valence-corrected chi connectivity index (χ3v) is 10.1. The number of hydrogen-bond acceptors (Lipinski definition) is 10. The third-order valence-electron chi connectivity index (χ3n) is 7.98. The van der Waals surface area contributed by atoms with Crippen molar-refractivity contribution in [1.82, 2.24) is 20.6 Å². The van der Waals surface area contributed by atoms with Crippen LogP contribution in [0.25, 0.3) is 33.6 Å². The van der Waals surface area contributed by atoms with Crippen LogP contribution in [-0.2, 0) is 22.6 Å². The Balaban J connectivity index is 1.11. The molecule has 0 N–H and O–H groups in total. The third kappa shape index (κ3) is 9.22. The summed E-state index contributed by atoms with van der Waals surface area (Å²) < 4.78 is 40.4. The van der Waals surface area contributed by atoms with Crippen molar-refractivity contribution in [3.05, 3.63) is 98.4 Å². The zero-order chi connectivity index (χ0) is 34.8. The van der Waals surface area contributed by atoms with Crippen LogP contribution < -0.4 is 28.3 Å². The van der Waals surface area contributed by atoms with Crippen LogP contribution in [0.2, 0.25) is 0 Å². The van der Waals surface area contributed by atoms with Gasteiger partial charge < -0.3 is 28.4 Å². The average molecular weight is 914 g/mol. The number of rotatable bonds is 1. The van der Waals surface area contributed by atoms with E-state index in [1.807, 2.05) is 70.0 Å². The largest absolute Gasteiger partial charge is 0.491 e. The van der Waals surface area contributed by atoms with Crippen LogP contribution in [0.4, 0.5) is 0 Å². The highest BCUT2D eigenvalue weighted by molar-refractivity contribution is 14.1. The summed E-state index contributed by atoms with van der Waals surface area (Å²) in [4.78, 5) is 0. The summed E-state index contributed by atoms with van der Waals surface area (Å²) >= 11 is 4.61. The quantitative estimate of drug-likeness (QED) is 0.125. The predicted octanol–water partition coefficient (Wildman–Crippen LogP) is 5.17. The highest BCUT2D eigenvalue weighted by Gasteiger charge is 2.16. The van der Waals surface area contributed by atoms with E-state index in [2.05, 4.69) is 96.1 Å². The summed E-state index contributed by atoms with van der Waals surface area (Å²) in [6, 6.07) is 29.8. The molecule has 3 aliphatic rings. The van der Waals surface area contributed by atoms with E-state index in [0.29, 0.717) is 65.9 Å². The van der Waals surface area contributed by atoms with E-state index in [-0.39, 0.29) is 0 Å². The van der Waals surface area contributed by atoms with Crippen molar-refractivity contribution in [3.8, 4) is 56.6 Å². The maximum Gasteiger partial charge on any atom is 0.129 e. The van der Waals surface area contributed by atoms with Crippen molar-refractivity contribution >= 4 is 45.2 Å². The Kier molecular flexibility index (Phi) is 12.0. The number of hydrogen-bond donors (Lipinski definition) is 0. The van der Waals surface area contributed by atoms with E-state index in [9.17, 15) is 0 Å². The summed E-state index contributed by atoms with van der Waals surface area (Å²) in [6.07, 6.45) is 0. The molecule has 5 heterocycles. The molecule has 264 valence electrons. The van der Waals surface area contributed by atoms with E-state index in [0.717, 1.165) is 64.0 Å². The van der Waals surface area contributed by atoms with Crippen molar-refractivity contribution in [2.24, 2.45) is 0 Å². The zero-order valence-electron chi connectivity index (χ0n) is 27.6. The van der Waals surface area contributed by atoms with Gasteiger partial charge in [0.25, 0.3) is 0 Å². The van der Waals surface area contributed by atoms with Crippen molar-refractivity contribution in [2.75, 3.05) is 52.9 Å². The maximum atomic E-state index is 6.02. The first-order chi connectivity index (χ1) is 25.1. The molecule has 0 atom stereocenters. The van der Waals surface area contributed by atoms with Gasteiger partial charge in [-0.25, -0.2) is 6.07 Å². The number of fused-ring (bicyclic) bond motifs is 2. The fourth-order valence-corrected chi connectivity index (χ4v) is 6.91. The molecule has 0 radical (unpaired) electrons. The molecule has 0 saturated carbocycles. The lowest BCUT2D eigenvalue weighted by atomic mass is 9.99. The number of benzene rings is 3. The molecule has 0 spiro atoms. The summed E-state index contributed by atoms with van der Waals surface area (Å²) in [7, 11) is 0. The lowest BCUT2D eigenvalue weighted by Gasteiger charge is -2.18. The van der Waals surface area contributed by atoms with Gasteiger partial charge in [-0.1, -0.05) is 0 Å². The molecule has 6 aromatic rings. The monoisotopic (exact) mass is 913 g/mol. The van der Waals surface area contributed by atoms with E-state index in [4.69, 9.17) is 28.4 Å². The van der Waals surface area contributed by atoms with Gasteiger partial charge in [0, 0.05) is 10.2 Å². The summed E-state index contributed by atoms with van der Waals surface area (Å²) in [5.74, 6) is 2.98. The average Bonchev–Trinajstić information content (AvgIpc) is 3.91. The molecule has 2 aromatic heterocycles. The normalized spacial score (nSPS) is 14.9. The predicted molar refractivity (Wildman–Crippen MR) is 203 cm³/mol. The molecule has 51 heavy (non-hydrogen) atoms. The standard InChI is InChI=1S/C37H35I2N6O6/c38-36-34-28-23-27(26-3-1-2-4-26)24-29(25-28)35-37(39)45(43-41-35)14-16-49-31-7-11-33(12-8-31)51-22-20-47-18-17-46-19-21-50-32-9-5-30(6-10-32)48-15-13-44(36)42-40-34/h1-12,23-25H,13-22H2/q-1. The fraction of sp³-hybridized carbons (Fsp3) is 0.270. The molecule has 10 bridgehead atoms. The number of halogens is 2. The van der Waals surface area contributed by atoms with Gasteiger partial charge in [0.15, 0.2) is 0 Å². The number of ether oxygens (including phenoxy) is 6. The van der Waals surface area contributed by atoms with Gasteiger partial charge >= 0.3 is 0 Å². The Hall–Kier alpha value is -4.13. The minimum atomic E-state index is 0.427. The SMILES string of the molecule is I[c-]1c2nn[n+]1CCOc1ccc(cc1)OCCOCCOCCOc1ccc(cc1)OCC[n+]1nnc([c-]1I)-c1cc(-c3ccc[cH-]3)cc-2c1. The zero-order valence-corrected chi connectivity index (χ0v) is 31.9. The smallest absolute Gasteiger partial charge is 0.129 e. The molecule has 0 fully saturated rings. The first kappa shape index (κ1) is 35.3. The van der Waals surface area contributed by atoms with Crippen LogP contribution in [0.3, 0.4) is 0 Å². The second-order valence-electron chi connectivity index (χ2n) is 11.4. The Bertz CT molecular complexity index is 1870. The molecule has 0 amide bonds. The van der Waals surface area contributed by atoms with Gasteiger partial charge in [-0.05, 0) is 48.5 Å². The maximum absolute atomic E-state index is 6.02. The Labute approximate surface area is 322 Å². The van der Waals surface area contributed by atoms with E-state index in [1.165, 1.54) is 0 Å². The van der Waals surface area contributed by atoms with Gasteiger partial charge in [-0.3, -0.25) is 0 Å². The minimum absolute atomic E-state index is 0.427. The van der Waals surface area contributed by atoms with Gasteiger partial charge in [0.1, 0.15) is 84.3 Å². The molecule has 14 heteroatoms. The number of nitrogens with zero attached hydrogens (tertiary/aromatic N) is 6. The number of aromatic nitrogens is 6. The lowest BCUT2D eigenvalue weighted by molar-refractivity contribution is -0.764. The Morgan fingerprint density at radius 3 is 1.37 bits per heavy atom. The van der Waals surface area contributed by atoms with Crippen molar-refractivity contribution < 1.29 is 37.8 Å². The van der Waals surface area contributed by atoms with Crippen LogP contribution in [0.5, 0.6) is 23.0 Å². The summed E-state index contributed by atoms with van der Waals surface area (Å²) in [5.41, 5.74) is 5.63. The second-order valence-corrected chi connectivity index (χ2v) is 13.5. The van der Waals surface area contributed by atoms with Crippen LogP contribution >= 0.6 is 45.2 Å². The first-order valence-electron chi connectivity index (χ1n) is 16.5. The highest BCUT2D eigenvalue weighted by atomic mass is 127. The van der Waals surface area contributed by atoms with Crippen LogP contribution in [0.1, 0.15) is 0 Å².